The van der Waals surface area contributed by atoms with Crippen LogP contribution >= 0.6 is 0 Å². The molecule has 0 radical (unpaired) electrons. The third kappa shape index (κ3) is 2.77. The van der Waals surface area contributed by atoms with Crippen molar-refractivity contribution in [2.75, 3.05) is 6.54 Å². The smallest absolute Gasteiger partial charge is 0.243 e. The van der Waals surface area contributed by atoms with Gasteiger partial charge in [0.15, 0.2) is 0 Å². The van der Waals surface area contributed by atoms with Crippen LogP contribution < -0.4 is 10.6 Å². The SMILES string of the molecule is C[C@@H](NC(=O)[C@H]1NCCc2c1[nH]c1ccccc21)c1cccc2ccccc12. The fourth-order valence-electron chi connectivity index (χ4n) is 4.41. The van der Waals surface area contributed by atoms with E-state index in [-0.39, 0.29) is 18.0 Å². The van der Waals surface area contributed by atoms with E-state index in [0.29, 0.717) is 0 Å². The van der Waals surface area contributed by atoms with Gasteiger partial charge < -0.3 is 15.6 Å². The number of carbonyl (C=O) groups is 1. The summed E-state index contributed by atoms with van der Waals surface area (Å²) in [5.41, 5.74) is 4.48. The summed E-state index contributed by atoms with van der Waals surface area (Å²) in [6.07, 6.45) is 0.933. The molecule has 0 unspecified atom stereocenters. The molecule has 0 bridgehead atoms. The molecule has 4 aromatic rings. The Bertz CT molecular complexity index is 1170. The number of carbonyl (C=O) groups excluding carboxylic acids is 1. The average Bonchev–Trinajstić information content (AvgIpc) is 3.12. The first-order chi connectivity index (χ1) is 13.7. The molecule has 5 rings (SSSR count). The lowest BCUT2D eigenvalue weighted by Crippen LogP contribution is -2.42. The highest BCUT2D eigenvalue weighted by molar-refractivity contribution is 5.91. The van der Waals surface area contributed by atoms with Crippen LogP contribution in [0.2, 0.25) is 0 Å². The Labute approximate surface area is 164 Å². The number of aromatic amines is 1. The molecule has 0 saturated heterocycles. The summed E-state index contributed by atoms with van der Waals surface area (Å²) in [4.78, 5) is 16.6. The number of hydrogen-bond acceptors (Lipinski definition) is 2. The molecule has 4 nitrogen and oxygen atoms in total. The van der Waals surface area contributed by atoms with Gasteiger partial charge in [-0.15, -0.1) is 0 Å². The van der Waals surface area contributed by atoms with E-state index in [0.717, 1.165) is 29.7 Å². The van der Waals surface area contributed by atoms with E-state index >= 15 is 0 Å². The molecule has 0 spiro atoms. The second-order valence-corrected chi connectivity index (χ2v) is 7.50. The van der Waals surface area contributed by atoms with Gasteiger partial charge in [-0.1, -0.05) is 60.7 Å². The van der Waals surface area contributed by atoms with E-state index in [2.05, 4.69) is 71.1 Å². The number of rotatable bonds is 3. The minimum absolute atomic E-state index is 0.00735. The first-order valence-electron chi connectivity index (χ1n) is 9.83. The first-order valence-corrected chi connectivity index (χ1v) is 9.83. The maximum Gasteiger partial charge on any atom is 0.243 e. The van der Waals surface area contributed by atoms with Gasteiger partial charge in [0.2, 0.25) is 5.91 Å². The van der Waals surface area contributed by atoms with Gasteiger partial charge in [0, 0.05) is 23.1 Å². The first kappa shape index (κ1) is 17.0. The highest BCUT2D eigenvalue weighted by Crippen LogP contribution is 2.31. The van der Waals surface area contributed by atoms with E-state index in [1.165, 1.54) is 21.7 Å². The summed E-state index contributed by atoms with van der Waals surface area (Å²) in [5.74, 6) is 0.00735. The molecule has 0 aliphatic carbocycles. The lowest BCUT2D eigenvalue weighted by atomic mass is 9.97. The largest absolute Gasteiger partial charge is 0.356 e. The summed E-state index contributed by atoms with van der Waals surface area (Å²) in [7, 11) is 0. The standard InChI is InChI=1S/C24H23N3O/c1-15(17-11-6-8-16-7-2-3-9-18(16)17)26-24(28)23-22-20(13-14-25-23)19-10-4-5-12-21(19)27-22/h2-12,15,23,25,27H,13-14H2,1H3,(H,26,28)/t15-,23+/m1/s1. The highest BCUT2D eigenvalue weighted by atomic mass is 16.2. The van der Waals surface area contributed by atoms with E-state index in [4.69, 9.17) is 0 Å². The summed E-state index contributed by atoms with van der Waals surface area (Å²) in [6, 6.07) is 22.4. The average molecular weight is 369 g/mol. The Balaban J connectivity index is 1.45. The molecule has 0 fully saturated rings. The van der Waals surface area contributed by atoms with Crippen LogP contribution in [0.1, 0.15) is 35.8 Å². The number of benzene rings is 3. The fraction of sp³-hybridized carbons (Fsp3) is 0.208. The van der Waals surface area contributed by atoms with Crippen molar-refractivity contribution in [1.82, 2.24) is 15.6 Å². The molecule has 0 saturated carbocycles. The van der Waals surface area contributed by atoms with Crippen LogP contribution in [0.4, 0.5) is 0 Å². The molecule has 140 valence electrons. The van der Waals surface area contributed by atoms with Crippen LogP contribution in [0.15, 0.2) is 66.7 Å². The van der Waals surface area contributed by atoms with Crippen molar-refractivity contribution in [3.63, 3.8) is 0 Å². The lowest BCUT2D eigenvalue weighted by molar-refractivity contribution is -0.124. The summed E-state index contributed by atoms with van der Waals surface area (Å²) in [5, 5.41) is 10.2. The van der Waals surface area contributed by atoms with Gasteiger partial charge in [0.05, 0.1) is 6.04 Å². The van der Waals surface area contributed by atoms with Crippen molar-refractivity contribution >= 4 is 27.6 Å². The van der Waals surface area contributed by atoms with Gasteiger partial charge in [-0.25, -0.2) is 0 Å². The van der Waals surface area contributed by atoms with Crippen molar-refractivity contribution in [2.45, 2.75) is 25.4 Å². The molecule has 1 amide bonds. The number of nitrogens with one attached hydrogen (secondary N) is 3. The van der Waals surface area contributed by atoms with Crippen molar-refractivity contribution < 1.29 is 4.79 Å². The second-order valence-electron chi connectivity index (χ2n) is 7.50. The number of aromatic nitrogens is 1. The summed E-state index contributed by atoms with van der Waals surface area (Å²) in [6.45, 7) is 2.85. The number of H-pyrrole nitrogens is 1. The molecule has 2 heterocycles. The van der Waals surface area contributed by atoms with Crippen molar-refractivity contribution in [3.05, 3.63) is 83.6 Å². The van der Waals surface area contributed by atoms with Crippen LogP contribution in [0.3, 0.4) is 0 Å². The predicted molar refractivity (Wildman–Crippen MR) is 113 cm³/mol. The minimum Gasteiger partial charge on any atom is -0.356 e. The van der Waals surface area contributed by atoms with E-state index in [1.807, 2.05) is 18.2 Å². The van der Waals surface area contributed by atoms with Gasteiger partial charge in [-0.2, -0.15) is 0 Å². The van der Waals surface area contributed by atoms with Crippen molar-refractivity contribution in [2.24, 2.45) is 0 Å². The van der Waals surface area contributed by atoms with Gasteiger partial charge in [-0.3, -0.25) is 4.79 Å². The Morgan fingerprint density at radius 3 is 2.64 bits per heavy atom. The van der Waals surface area contributed by atoms with Crippen LogP contribution in [0, 0.1) is 0 Å². The third-order valence-electron chi connectivity index (χ3n) is 5.77. The molecular formula is C24H23N3O. The van der Waals surface area contributed by atoms with E-state index in [9.17, 15) is 4.79 Å². The Morgan fingerprint density at radius 1 is 1.00 bits per heavy atom. The molecule has 3 N–H and O–H groups in total. The quantitative estimate of drug-likeness (QED) is 0.502. The van der Waals surface area contributed by atoms with Crippen LogP contribution in [-0.4, -0.2) is 17.4 Å². The molecule has 2 atom stereocenters. The molecule has 1 aliphatic heterocycles. The maximum absolute atomic E-state index is 13.2. The van der Waals surface area contributed by atoms with Crippen LogP contribution in [0.25, 0.3) is 21.7 Å². The number of hydrogen-bond donors (Lipinski definition) is 3. The lowest BCUT2D eigenvalue weighted by Gasteiger charge is -2.26. The zero-order chi connectivity index (χ0) is 19.1. The van der Waals surface area contributed by atoms with Crippen molar-refractivity contribution in [1.29, 1.82) is 0 Å². The maximum atomic E-state index is 13.2. The minimum atomic E-state index is -0.353. The van der Waals surface area contributed by atoms with Crippen molar-refractivity contribution in [3.8, 4) is 0 Å². The van der Waals surface area contributed by atoms with E-state index < -0.39 is 0 Å². The molecular weight excluding hydrogens is 346 g/mol. The van der Waals surface area contributed by atoms with Gasteiger partial charge in [0.25, 0.3) is 0 Å². The molecule has 4 heteroatoms. The number of para-hydroxylation sites is 1. The molecule has 28 heavy (non-hydrogen) atoms. The van der Waals surface area contributed by atoms with Crippen LogP contribution in [-0.2, 0) is 11.2 Å². The Kier molecular flexibility index (Phi) is 4.14. The number of amides is 1. The molecule has 3 aromatic carbocycles. The normalized spacial score (nSPS) is 17.4. The van der Waals surface area contributed by atoms with Crippen LogP contribution in [0.5, 0.6) is 0 Å². The zero-order valence-corrected chi connectivity index (χ0v) is 15.8. The third-order valence-corrected chi connectivity index (χ3v) is 5.77. The summed E-state index contributed by atoms with van der Waals surface area (Å²) < 4.78 is 0. The van der Waals surface area contributed by atoms with Gasteiger partial charge in [0.1, 0.15) is 6.04 Å². The Hall–Kier alpha value is -3.11. The summed E-state index contributed by atoms with van der Waals surface area (Å²) >= 11 is 0. The fourth-order valence-corrected chi connectivity index (χ4v) is 4.41. The predicted octanol–water partition coefficient (Wildman–Crippen LogP) is 4.39. The van der Waals surface area contributed by atoms with Gasteiger partial charge in [-0.05, 0) is 41.3 Å². The number of fused-ring (bicyclic) bond motifs is 4. The van der Waals surface area contributed by atoms with Gasteiger partial charge >= 0.3 is 0 Å². The molecule has 1 aromatic heterocycles. The van der Waals surface area contributed by atoms with E-state index in [1.54, 1.807) is 0 Å². The molecule has 1 aliphatic rings. The highest BCUT2D eigenvalue weighted by Gasteiger charge is 2.30. The Morgan fingerprint density at radius 2 is 1.75 bits per heavy atom. The second kappa shape index (κ2) is 6.80. The zero-order valence-electron chi connectivity index (χ0n) is 15.8. The monoisotopic (exact) mass is 369 g/mol. The topological polar surface area (TPSA) is 56.9 Å².